The van der Waals surface area contributed by atoms with Crippen molar-refractivity contribution in [2.24, 2.45) is 0 Å². The number of thioether (sulfide) groups is 1. The molecular formula is C24H20ClN3O2S2. The number of fused-ring (bicyclic) bond motifs is 1. The number of carbonyl (C=O) groups is 1. The van der Waals surface area contributed by atoms with E-state index < -0.39 is 0 Å². The summed E-state index contributed by atoms with van der Waals surface area (Å²) in [5, 5.41) is 4.54. The van der Waals surface area contributed by atoms with Gasteiger partial charge in [0.25, 0.3) is 5.56 Å². The zero-order valence-electron chi connectivity index (χ0n) is 17.1. The van der Waals surface area contributed by atoms with Gasteiger partial charge in [-0.3, -0.25) is 14.2 Å². The number of benzene rings is 2. The fourth-order valence-electron chi connectivity index (χ4n) is 3.16. The lowest BCUT2D eigenvalue weighted by Gasteiger charge is -2.10. The molecule has 162 valence electrons. The summed E-state index contributed by atoms with van der Waals surface area (Å²) in [6.07, 6.45) is 1.65. The third-order valence-corrected chi connectivity index (χ3v) is 7.18. The lowest BCUT2D eigenvalue weighted by Crippen LogP contribution is -2.26. The van der Waals surface area contributed by atoms with Crippen molar-refractivity contribution >= 4 is 50.8 Å². The van der Waals surface area contributed by atoms with Gasteiger partial charge in [0.2, 0.25) is 5.91 Å². The van der Waals surface area contributed by atoms with Crippen LogP contribution in [0.1, 0.15) is 5.56 Å². The first kappa shape index (κ1) is 22.3. The molecule has 0 saturated heterocycles. The molecule has 2 aromatic carbocycles. The van der Waals surface area contributed by atoms with Crippen molar-refractivity contribution in [1.29, 1.82) is 0 Å². The highest BCUT2D eigenvalue weighted by Gasteiger charge is 2.16. The van der Waals surface area contributed by atoms with Crippen molar-refractivity contribution in [2.45, 2.75) is 18.2 Å². The fraction of sp³-hybridized carbons (Fsp3) is 0.125. The molecule has 4 rings (SSSR count). The highest BCUT2D eigenvalue weighted by molar-refractivity contribution is 7.99. The van der Waals surface area contributed by atoms with E-state index in [2.05, 4.69) is 11.9 Å². The van der Waals surface area contributed by atoms with Crippen LogP contribution in [-0.4, -0.2) is 21.2 Å². The minimum absolute atomic E-state index is 0.132. The minimum atomic E-state index is -0.162. The van der Waals surface area contributed by atoms with Crippen LogP contribution in [0.2, 0.25) is 5.02 Å². The molecule has 1 N–H and O–H groups in total. The van der Waals surface area contributed by atoms with Crippen LogP contribution in [0.25, 0.3) is 20.7 Å². The average molecular weight is 482 g/mol. The minimum Gasteiger partial charge on any atom is -0.351 e. The fourth-order valence-corrected chi connectivity index (χ4v) is 5.28. The maximum Gasteiger partial charge on any atom is 0.263 e. The average Bonchev–Trinajstić information content (AvgIpc) is 3.24. The Morgan fingerprint density at radius 1 is 1.19 bits per heavy atom. The van der Waals surface area contributed by atoms with Gasteiger partial charge in [-0.2, -0.15) is 0 Å². The Morgan fingerprint density at radius 3 is 2.69 bits per heavy atom. The quantitative estimate of drug-likeness (QED) is 0.209. The van der Waals surface area contributed by atoms with Crippen LogP contribution in [0.3, 0.4) is 0 Å². The molecule has 0 unspecified atom stereocenters. The molecule has 32 heavy (non-hydrogen) atoms. The van der Waals surface area contributed by atoms with E-state index in [-0.39, 0.29) is 17.2 Å². The summed E-state index contributed by atoms with van der Waals surface area (Å²) in [6, 6.07) is 19.2. The first-order valence-electron chi connectivity index (χ1n) is 9.90. The van der Waals surface area contributed by atoms with Gasteiger partial charge in [-0.25, -0.2) is 4.98 Å². The summed E-state index contributed by atoms with van der Waals surface area (Å²) in [5.74, 6) is -0.0261. The predicted octanol–water partition coefficient (Wildman–Crippen LogP) is 5.37. The molecule has 0 atom stereocenters. The van der Waals surface area contributed by atoms with Gasteiger partial charge in [-0.1, -0.05) is 78.0 Å². The number of nitrogens with zero attached hydrogens (tertiary/aromatic N) is 2. The molecule has 8 heteroatoms. The van der Waals surface area contributed by atoms with E-state index in [0.29, 0.717) is 33.5 Å². The number of amides is 1. The third kappa shape index (κ3) is 4.96. The molecule has 0 aliphatic heterocycles. The molecule has 0 aliphatic rings. The van der Waals surface area contributed by atoms with Gasteiger partial charge in [-0.15, -0.1) is 17.9 Å². The number of rotatable bonds is 8. The van der Waals surface area contributed by atoms with E-state index in [4.69, 9.17) is 16.6 Å². The molecule has 4 aromatic rings. The standard InChI is InChI=1S/C24H20ClN3O2S2/c1-2-12-28-23(30)18-13-20(16-8-4-3-5-9-16)32-22(18)27-24(28)31-15-21(29)26-14-17-10-6-7-11-19(17)25/h2-11,13H,1,12,14-15H2,(H,26,29). The zero-order valence-corrected chi connectivity index (χ0v) is 19.5. The Balaban J connectivity index is 1.55. The van der Waals surface area contributed by atoms with Crippen molar-refractivity contribution in [3.8, 4) is 10.4 Å². The zero-order chi connectivity index (χ0) is 22.5. The molecule has 2 heterocycles. The van der Waals surface area contributed by atoms with E-state index >= 15 is 0 Å². The van der Waals surface area contributed by atoms with Crippen molar-refractivity contribution < 1.29 is 4.79 Å². The van der Waals surface area contributed by atoms with E-state index in [0.717, 1.165) is 16.0 Å². The Kier molecular flexibility index (Phi) is 7.09. The topological polar surface area (TPSA) is 64.0 Å². The first-order valence-corrected chi connectivity index (χ1v) is 12.1. The Hall–Kier alpha value is -2.87. The molecule has 0 bridgehead atoms. The summed E-state index contributed by atoms with van der Waals surface area (Å²) in [7, 11) is 0. The molecule has 0 radical (unpaired) electrons. The largest absolute Gasteiger partial charge is 0.351 e. The summed E-state index contributed by atoms with van der Waals surface area (Å²) < 4.78 is 1.56. The number of nitrogens with one attached hydrogen (secondary N) is 1. The summed E-state index contributed by atoms with van der Waals surface area (Å²) >= 11 is 8.85. The van der Waals surface area contributed by atoms with Crippen LogP contribution >= 0.6 is 34.7 Å². The summed E-state index contributed by atoms with van der Waals surface area (Å²) in [5.41, 5.74) is 1.76. The second-order valence-corrected chi connectivity index (χ2v) is 9.33. The van der Waals surface area contributed by atoms with Crippen molar-refractivity contribution in [3.63, 3.8) is 0 Å². The van der Waals surface area contributed by atoms with Gasteiger partial charge in [0.15, 0.2) is 5.16 Å². The number of thiophene rings is 1. The molecule has 5 nitrogen and oxygen atoms in total. The van der Waals surface area contributed by atoms with Gasteiger partial charge >= 0.3 is 0 Å². The van der Waals surface area contributed by atoms with Crippen LogP contribution in [0.4, 0.5) is 0 Å². The number of allylic oxidation sites excluding steroid dienone is 1. The number of aromatic nitrogens is 2. The lowest BCUT2D eigenvalue weighted by atomic mass is 10.2. The maximum atomic E-state index is 13.1. The SMILES string of the molecule is C=CCn1c(SCC(=O)NCc2ccccc2Cl)nc2sc(-c3ccccc3)cc2c1=O. The maximum absolute atomic E-state index is 13.1. The van der Waals surface area contributed by atoms with Gasteiger partial charge < -0.3 is 5.32 Å². The first-order chi connectivity index (χ1) is 15.6. The Labute approximate surface area is 198 Å². The van der Waals surface area contributed by atoms with Gasteiger partial charge in [0.05, 0.1) is 11.1 Å². The van der Waals surface area contributed by atoms with Crippen LogP contribution < -0.4 is 10.9 Å². The van der Waals surface area contributed by atoms with Gasteiger partial charge in [0.1, 0.15) is 4.83 Å². The Morgan fingerprint density at radius 2 is 1.94 bits per heavy atom. The molecule has 0 fully saturated rings. The third-order valence-electron chi connectivity index (χ3n) is 4.75. The summed E-state index contributed by atoms with van der Waals surface area (Å²) in [4.78, 5) is 31.9. The molecular weight excluding hydrogens is 462 g/mol. The van der Waals surface area contributed by atoms with E-state index in [1.54, 1.807) is 16.7 Å². The molecule has 0 saturated carbocycles. The molecule has 2 aromatic heterocycles. The molecule has 0 aliphatic carbocycles. The van der Waals surface area contributed by atoms with Crippen molar-refractivity contribution in [1.82, 2.24) is 14.9 Å². The lowest BCUT2D eigenvalue weighted by molar-refractivity contribution is -0.118. The normalized spacial score (nSPS) is 10.9. The van der Waals surface area contributed by atoms with Crippen LogP contribution in [0.15, 0.2) is 83.3 Å². The predicted molar refractivity (Wildman–Crippen MR) is 134 cm³/mol. The highest BCUT2D eigenvalue weighted by Crippen LogP contribution is 2.32. The second-order valence-electron chi connectivity index (χ2n) is 6.95. The second kappa shape index (κ2) is 10.2. The van der Waals surface area contributed by atoms with Gasteiger partial charge in [-0.05, 0) is 23.3 Å². The smallest absolute Gasteiger partial charge is 0.263 e. The number of hydrogen-bond acceptors (Lipinski definition) is 5. The van der Waals surface area contributed by atoms with Crippen LogP contribution in [0.5, 0.6) is 0 Å². The van der Waals surface area contributed by atoms with Crippen LogP contribution in [-0.2, 0) is 17.9 Å². The summed E-state index contributed by atoms with van der Waals surface area (Å²) in [6.45, 7) is 4.42. The number of carbonyl (C=O) groups excluding carboxylic acids is 1. The van der Waals surface area contributed by atoms with E-state index in [1.807, 2.05) is 54.6 Å². The van der Waals surface area contributed by atoms with Crippen molar-refractivity contribution in [2.75, 3.05) is 5.75 Å². The monoisotopic (exact) mass is 481 g/mol. The van der Waals surface area contributed by atoms with Gasteiger partial charge in [0, 0.05) is 23.0 Å². The number of hydrogen-bond donors (Lipinski definition) is 1. The molecule has 0 spiro atoms. The van der Waals surface area contributed by atoms with E-state index in [9.17, 15) is 9.59 Å². The number of halogens is 1. The molecule has 1 amide bonds. The van der Waals surface area contributed by atoms with Crippen LogP contribution in [0, 0.1) is 0 Å². The van der Waals surface area contributed by atoms with E-state index in [1.165, 1.54) is 23.1 Å². The Bertz CT molecular complexity index is 1330. The van der Waals surface area contributed by atoms with Crippen molar-refractivity contribution in [3.05, 3.63) is 94.3 Å². The highest BCUT2D eigenvalue weighted by atomic mass is 35.5.